The van der Waals surface area contributed by atoms with Crippen molar-refractivity contribution in [1.29, 1.82) is 0 Å². The molecule has 0 aromatic heterocycles. The molecule has 1 nitrogen and oxygen atoms in total. The molecular formula is C11H15Cl4N. The zero-order valence-electron chi connectivity index (χ0n) is 9.14. The average molecular weight is 303 g/mol. The van der Waals surface area contributed by atoms with Crippen molar-refractivity contribution < 1.29 is 0 Å². The molecule has 0 amide bonds. The summed E-state index contributed by atoms with van der Waals surface area (Å²) in [7, 11) is 0. The predicted molar refractivity (Wildman–Crippen MR) is 75.1 cm³/mol. The molecule has 0 spiro atoms. The van der Waals surface area contributed by atoms with Crippen LogP contribution in [-0.2, 0) is 0 Å². The van der Waals surface area contributed by atoms with Crippen molar-refractivity contribution in [2.24, 2.45) is 11.7 Å². The van der Waals surface area contributed by atoms with Gasteiger partial charge in [-0.3, -0.25) is 0 Å². The van der Waals surface area contributed by atoms with Crippen LogP contribution in [0.5, 0.6) is 0 Å². The standard InChI is InChI=1S/C11H14Cl3N.ClH/c1-3-6(2)11(15)9-7(12)4-5-8(13)10(9)14;/h4-6,11H,3,15H2,1-2H3;1H/t6?,11-;/m0./s1. The van der Waals surface area contributed by atoms with E-state index in [9.17, 15) is 0 Å². The van der Waals surface area contributed by atoms with Crippen LogP contribution in [0.4, 0.5) is 0 Å². The van der Waals surface area contributed by atoms with Crippen LogP contribution >= 0.6 is 47.2 Å². The van der Waals surface area contributed by atoms with Gasteiger partial charge in [0, 0.05) is 16.6 Å². The Morgan fingerprint density at radius 3 is 2.19 bits per heavy atom. The van der Waals surface area contributed by atoms with Gasteiger partial charge in [-0.05, 0) is 18.1 Å². The zero-order chi connectivity index (χ0) is 11.6. The van der Waals surface area contributed by atoms with Gasteiger partial charge in [-0.25, -0.2) is 0 Å². The lowest BCUT2D eigenvalue weighted by atomic mass is 9.93. The Morgan fingerprint density at radius 2 is 1.69 bits per heavy atom. The van der Waals surface area contributed by atoms with Gasteiger partial charge in [0.05, 0.1) is 10.0 Å². The van der Waals surface area contributed by atoms with Gasteiger partial charge in [0.1, 0.15) is 0 Å². The van der Waals surface area contributed by atoms with Crippen LogP contribution in [0.3, 0.4) is 0 Å². The molecule has 1 aromatic rings. The highest BCUT2D eigenvalue weighted by Crippen LogP contribution is 2.37. The zero-order valence-corrected chi connectivity index (χ0v) is 12.2. The summed E-state index contributed by atoms with van der Waals surface area (Å²) in [5.74, 6) is 0.318. The SMILES string of the molecule is CCC(C)[C@H](N)c1c(Cl)ccc(Cl)c1Cl.Cl. The number of rotatable bonds is 3. The molecule has 16 heavy (non-hydrogen) atoms. The summed E-state index contributed by atoms with van der Waals surface area (Å²) < 4.78 is 0. The highest BCUT2D eigenvalue weighted by Gasteiger charge is 2.20. The Hall–Kier alpha value is 0.340. The van der Waals surface area contributed by atoms with Gasteiger partial charge < -0.3 is 5.73 Å². The highest BCUT2D eigenvalue weighted by molar-refractivity contribution is 6.44. The molecular weight excluding hydrogens is 288 g/mol. The molecule has 0 saturated carbocycles. The summed E-state index contributed by atoms with van der Waals surface area (Å²) in [5, 5.41) is 1.55. The molecule has 92 valence electrons. The van der Waals surface area contributed by atoms with Crippen molar-refractivity contribution >= 4 is 47.2 Å². The number of benzene rings is 1. The van der Waals surface area contributed by atoms with Gasteiger partial charge >= 0.3 is 0 Å². The van der Waals surface area contributed by atoms with Crippen LogP contribution in [0.2, 0.25) is 15.1 Å². The summed E-state index contributed by atoms with van der Waals surface area (Å²) in [5.41, 5.74) is 6.84. The summed E-state index contributed by atoms with van der Waals surface area (Å²) in [4.78, 5) is 0. The van der Waals surface area contributed by atoms with Crippen LogP contribution in [-0.4, -0.2) is 0 Å². The molecule has 0 radical (unpaired) electrons. The number of hydrogen-bond donors (Lipinski definition) is 1. The Balaban J connectivity index is 0.00000225. The fraction of sp³-hybridized carbons (Fsp3) is 0.455. The lowest BCUT2D eigenvalue weighted by molar-refractivity contribution is 0.457. The van der Waals surface area contributed by atoms with Crippen molar-refractivity contribution in [2.45, 2.75) is 26.3 Å². The largest absolute Gasteiger partial charge is 0.324 e. The summed E-state index contributed by atoms with van der Waals surface area (Å²) >= 11 is 18.1. The van der Waals surface area contributed by atoms with Crippen LogP contribution in [0.15, 0.2) is 12.1 Å². The van der Waals surface area contributed by atoms with E-state index in [0.29, 0.717) is 21.0 Å². The first-order valence-electron chi connectivity index (χ1n) is 4.88. The van der Waals surface area contributed by atoms with E-state index in [1.54, 1.807) is 12.1 Å². The van der Waals surface area contributed by atoms with Gasteiger partial charge in [0.2, 0.25) is 0 Å². The summed E-state index contributed by atoms with van der Waals surface area (Å²) in [6.45, 7) is 4.15. The first-order chi connectivity index (χ1) is 6.99. The molecule has 2 N–H and O–H groups in total. The second-order valence-corrected chi connectivity index (χ2v) is 4.86. The Morgan fingerprint density at radius 1 is 1.19 bits per heavy atom. The van der Waals surface area contributed by atoms with Crippen LogP contribution in [0.1, 0.15) is 31.9 Å². The monoisotopic (exact) mass is 301 g/mol. The molecule has 0 aliphatic rings. The van der Waals surface area contributed by atoms with E-state index in [4.69, 9.17) is 40.5 Å². The molecule has 1 aromatic carbocycles. The first-order valence-corrected chi connectivity index (χ1v) is 6.01. The van der Waals surface area contributed by atoms with Gasteiger partial charge in [-0.2, -0.15) is 0 Å². The number of nitrogens with two attached hydrogens (primary N) is 1. The maximum Gasteiger partial charge on any atom is 0.0655 e. The molecule has 0 saturated heterocycles. The fourth-order valence-corrected chi connectivity index (χ4v) is 2.17. The van der Waals surface area contributed by atoms with Gasteiger partial charge in [0.15, 0.2) is 0 Å². The third-order valence-corrected chi connectivity index (χ3v) is 3.82. The van der Waals surface area contributed by atoms with Crippen molar-refractivity contribution in [2.75, 3.05) is 0 Å². The van der Waals surface area contributed by atoms with E-state index in [2.05, 4.69) is 13.8 Å². The molecule has 0 aliphatic heterocycles. The first kappa shape index (κ1) is 16.3. The minimum atomic E-state index is -0.173. The van der Waals surface area contributed by atoms with Crippen molar-refractivity contribution in [3.05, 3.63) is 32.8 Å². The van der Waals surface area contributed by atoms with Crippen molar-refractivity contribution in [3.8, 4) is 0 Å². The van der Waals surface area contributed by atoms with E-state index in [0.717, 1.165) is 12.0 Å². The predicted octanol–water partition coefficient (Wildman–Crippen LogP) is 5.11. The second kappa shape index (κ2) is 6.93. The van der Waals surface area contributed by atoms with Gasteiger partial charge in [-0.15, -0.1) is 12.4 Å². The molecule has 2 atom stereocenters. The van der Waals surface area contributed by atoms with E-state index >= 15 is 0 Å². The lowest BCUT2D eigenvalue weighted by Crippen LogP contribution is -2.19. The Kier molecular flexibility index (Phi) is 7.07. The van der Waals surface area contributed by atoms with E-state index in [-0.39, 0.29) is 18.4 Å². The van der Waals surface area contributed by atoms with Gasteiger partial charge in [0.25, 0.3) is 0 Å². The minimum Gasteiger partial charge on any atom is -0.324 e. The van der Waals surface area contributed by atoms with Gasteiger partial charge in [-0.1, -0.05) is 55.1 Å². The van der Waals surface area contributed by atoms with Crippen LogP contribution in [0, 0.1) is 5.92 Å². The summed E-state index contributed by atoms with van der Waals surface area (Å²) in [6.07, 6.45) is 0.973. The lowest BCUT2D eigenvalue weighted by Gasteiger charge is -2.21. The molecule has 0 bridgehead atoms. The van der Waals surface area contributed by atoms with Crippen molar-refractivity contribution in [1.82, 2.24) is 0 Å². The average Bonchev–Trinajstić information content (AvgIpc) is 2.22. The normalized spacial score (nSPS) is 14.1. The summed E-state index contributed by atoms with van der Waals surface area (Å²) in [6, 6.07) is 3.24. The number of hydrogen-bond acceptors (Lipinski definition) is 1. The van der Waals surface area contributed by atoms with Crippen LogP contribution in [0.25, 0.3) is 0 Å². The molecule has 1 unspecified atom stereocenters. The number of halogens is 4. The third kappa shape index (κ3) is 3.41. The molecule has 0 fully saturated rings. The van der Waals surface area contributed by atoms with E-state index in [1.165, 1.54) is 0 Å². The topological polar surface area (TPSA) is 26.0 Å². The fourth-order valence-electron chi connectivity index (χ4n) is 1.39. The molecule has 0 heterocycles. The van der Waals surface area contributed by atoms with Crippen LogP contribution < -0.4 is 5.73 Å². The van der Waals surface area contributed by atoms with E-state index in [1.807, 2.05) is 0 Å². The van der Waals surface area contributed by atoms with Crippen molar-refractivity contribution in [3.63, 3.8) is 0 Å². The third-order valence-electron chi connectivity index (χ3n) is 2.67. The minimum absolute atomic E-state index is 0. The molecule has 5 heteroatoms. The quantitative estimate of drug-likeness (QED) is 0.771. The van der Waals surface area contributed by atoms with E-state index < -0.39 is 0 Å². The maximum atomic E-state index is 6.10. The maximum absolute atomic E-state index is 6.10. The smallest absolute Gasteiger partial charge is 0.0655 e. The highest BCUT2D eigenvalue weighted by atomic mass is 35.5. The molecule has 0 aliphatic carbocycles. The Labute approximate surface area is 118 Å². The molecule has 1 rings (SSSR count). The Bertz CT molecular complexity index is 354. The second-order valence-electron chi connectivity index (χ2n) is 3.67.